The predicted molar refractivity (Wildman–Crippen MR) is 76.2 cm³/mol. The second kappa shape index (κ2) is 5.74. The third kappa shape index (κ3) is 2.37. The first-order valence-corrected chi connectivity index (χ1v) is 6.55. The van der Waals surface area contributed by atoms with E-state index in [9.17, 15) is 14.7 Å². The van der Waals surface area contributed by atoms with Crippen LogP contribution >= 0.6 is 0 Å². The summed E-state index contributed by atoms with van der Waals surface area (Å²) in [7, 11) is 0. The number of carboxylic acids is 1. The summed E-state index contributed by atoms with van der Waals surface area (Å²) in [5, 5.41) is 10.5. The largest absolute Gasteiger partial charge is 0.478 e. The van der Waals surface area contributed by atoms with Crippen LogP contribution in [0.15, 0.2) is 30.3 Å². The van der Waals surface area contributed by atoms with E-state index in [1.54, 1.807) is 19.1 Å². The van der Waals surface area contributed by atoms with Crippen LogP contribution in [0.1, 0.15) is 40.1 Å². The molecule has 0 spiro atoms. The molecule has 0 radical (unpaired) electrons. The van der Waals surface area contributed by atoms with Crippen LogP contribution in [0.25, 0.3) is 10.8 Å². The van der Waals surface area contributed by atoms with E-state index in [4.69, 9.17) is 4.74 Å². The average Bonchev–Trinajstić information content (AvgIpc) is 2.45. The second-order valence-corrected chi connectivity index (χ2v) is 4.38. The first kappa shape index (κ1) is 14.1. The molecule has 0 aromatic heterocycles. The van der Waals surface area contributed by atoms with Gasteiger partial charge in [0.2, 0.25) is 0 Å². The van der Waals surface area contributed by atoms with Crippen molar-refractivity contribution in [2.45, 2.75) is 20.3 Å². The van der Waals surface area contributed by atoms with Crippen LogP contribution in [0.3, 0.4) is 0 Å². The van der Waals surface area contributed by atoms with Gasteiger partial charge in [-0.1, -0.05) is 31.2 Å². The molecular weight excluding hydrogens is 256 g/mol. The Morgan fingerprint density at radius 2 is 1.90 bits per heavy atom. The molecule has 0 bridgehead atoms. The van der Waals surface area contributed by atoms with Crippen LogP contribution in [0.4, 0.5) is 0 Å². The van der Waals surface area contributed by atoms with Gasteiger partial charge in [0.05, 0.1) is 17.7 Å². The first-order chi connectivity index (χ1) is 9.60. The molecule has 20 heavy (non-hydrogen) atoms. The topological polar surface area (TPSA) is 63.6 Å². The fourth-order valence-corrected chi connectivity index (χ4v) is 2.33. The molecule has 2 aromatic carbocycles. The van der Waals surface area contributed by atoms with Crippen LogP contribution in [0.5, 0.6) is 0 Å². The number of fused-ring (bicyclic) bond motifs is 1. The van der Waals surface area contributed by atoms with E-state index in [0.717, 1.165) is 10.9 Å². The van der Waals surface area contributed by atoms with Crippen molar-refractivity contribution in [1.82, 2.24) is 0 Å². The minimum absolute atomic E-state index is 0.126. The Balaban J connectivity index is 2.85. The number of rotatable bonds is 4. The summed E-state index contributed by atoms with van der Waals surface area (Å²) in [5.74, 6) is -1.52. The van der Waals surface area contributed by atoms with E-state index in [2.05, 4.69) is 0 Å². The molecule has 0 aliphatic heterocycles. The number of carbonyl (C=O) groups is 2. The molecule has 4 heteroatoms. The molecule has 1 N–H and O–H groups in total. The number of ether oxygens (including phenoxy) is 1. The van der Waals surface area contributed by atoms with Gasteiger partial charge in [0.15, 0.2) is 0 Å². The maximum absolute atomic E-state index is 12.2. The van der Waals surface area contributed by atoms with Crippen molar-refractivity contribution < 1.29 is 19.4 Å². The third-order valence-corrected chi connectivity index (χ3v) is 3.22. The lowest BCUT2D eigenvalue weighted by Crippen LogP contribution is -2.11. The standard InChI is InChI=1S/C16H16O4/c1-3-10-8-9-11-6-5-7-12(15(17)18)13(11)14(10)16(19)20-4-2/h5-9H,3-4H2,1-2H3,(H,17,18). The van der Waals surface area contributed by atoms with E-state index >= 15 is 0 Å². The van der Waals surface area contributed by atoms with Gasteiger partial charge < -0.3 is 9.84 Å². The van der Waals surface area contributed by atoms with Crippen molar-refractivity contribution in [1.29, 1.82) is 0 Å². The van der Waals surface area contributed by atoms with Gasteiger partial charge in [0, 0.05) is 5.39 Å². The second-order valence-electron chi connectivity index (χ2n) is 4.38. The van der Waals surface area contributed by atoms with Crippen molar-refractivity contribution in [2.24, 2.45) is 0 Å². The Labute approximate surface area is 117 Å². The summed E-state index contributed by atoms with van der Waals surface area (Å²) in [6.45, 7) is 3.91. The molecule has 0 aliphatic rings. The fourth-order valence-electron chi connectivity index (χ4n) is 2.33. The first-order valence-electron chi connectivity index (χ1n) is 6.55. The van der Waals surface area contributed by atoms with Crippen LogP contribution in [-0.2, 0) is 11.2 Å². The van der Waals surface area contributed by atoms with Crippen LogP contribution in [0.2, 0.25) is 0 Å². The highest BCUT2D eigenvalue weighted by Gasteiger charge is 2.20. The van der Waals surface area contributed by atoms with E-state index in [1.807, 2.05) is 19.1 Å². The number of carbonyl (C=O) groups excluding carboxylic acids is 1. The highest BCUT2D eigenvalue weighted by Crippen LogP contribution is 2.27. The van der Waals surface area contributed by atoms with E-state index in [-0.39, 0.29) is 12.2 Å². The van der Waals surface area contributed by atoms with Crippen molar-refractivity contribution in [3.05, 3.63) is 47.0 Å². The maximum Gasteiger partial charge on any atom is 0.339 e. The molecule has 0 saturated carbocycles. The highest BCUT2D eigenvalue weighted by atomic mass is 16.5. The number of hydrogen-bond donors (Lipinski definition) is 1. The Morgan fingerprint density at radius 1 is 1.15 bits per heavy atom. The lowest BCUT2D eigenvalue weighted by Gasteiger charge is -2.13. The minimum atomic E-state index is -1.05. The normalized spacial score (nSPS) is 10.5. The van der Waals surface area contributed by atoms with Gasteiger partial charge >= 0.3 is 11.9 Å². The van der Waals surface area contributed by atoms with E-state index < -0.39 is 11.9 Å². The summed E-state index contributed by atoms with van der Waals surface area (Å²) >= 11 is 0. The smallest absolute Gasteiger partial charge is 0.339 e. The summed E-state index contributed by atoms with van der Waals surface area (Å²) < 4.78 is 5.08. The van der Waals surface area contributed by atoms with Crippen LogP contribution < -0.4 is 0 Å². The van der Waals surface area contributed by atoms with Gasteiger partial charge in [-0.2, -0.15) is 0 Å². The summed E-state index contributed by atoms with van der Waals surface area (Å²) in [6.07, 6.45) is 0.637. The van der Waals surface area contributed by atoms with E-state index in [0.29, 0.717) is 17.4 Å². The van der Waals surface area contributed by atoms with Crippen molar-refractivity contribution in [3.8, 4) is 0 Å². The molecule has 0 amide bonds. The summed E-state index contributed by atoms with van der Waals surface area (Å²) in [4.78, 5) is 23.6. The number of hydrogen-bond acceptors (Lipinski definition) is 3. The lowest BCUT2D eigenvalue weighted by atomic mass is 9.94. The number of carboxylic acid groups (broad SMARTS) is 1. The Morgan fingerprint density at radius 3 is 2.50 bits per heavy atom. The predicted octanol–water partition coefficient (Wildman–Crippen LogP) is 3.28. The van der Waals surface area contributed by atoms with Gasteiger partial charge in [-0.25, -0.2) is 9.59 Å². The minimum Gasteiger partial charge on any atom is -0.478 e. The fraction of sp³-hybridized carbons (Fsp3) is 0.250. The zero-order chi connectivity index (χ0) is 14.7. The van der Waals surface area contributed by atoms with Crippen molar-refractivity contribution >= 4 is 22.7 Å². The van der Waals surface area contributed by atoms with Crippen molar-refractivity contribution in [3.63, 3.8) is 0 Å². The number of benzene rings is 2. The molecular formula is C16H16O4. The van der Waals surface area contributed by atoms with Gasteiger partial charge in [0.25, 0.3) is 0 Å². The zero-order valence-corrected chi connectivity index (χ0v) is 11.5. The maximum atomic E-state index is 12.2. The molecule has 4 nitrogen and oxygen atoms in total. The van der Waals surface area contributed by atoms with Gasteiger partial charge in [0.1, 0.15) is 0 Å². The molecule has 0 atom stereocenters. The monoisotopic (exact) mass is 272 g/mol. The molecule has 0 heterocycles. The van der Waals surface area contributed by atoms with Gasteiger partial charge in [-0.3, -0.25) is 0 Å². The molecule has 2 rings (SSSR count). The summed E-state index contributed by atoms with van der Waals surface area (Å²) in [5.41, 5.74) is 1.29. The number of aryl methyl sites for hydroxylation is 1. The van der Waals surface area contributed by atoms with Gasteiger partial charge in [-0.05, 0) is 30.4 Å². The van der Waals surface area contributed by atoms with E-state index in [1.165, 1.54) is 6.07 Å². The lowest BCUT2D eigenvalue weighted by molar-refractivity contribution is 0.0527. The zero-order valence-electron chi connectivity index (χ0n) is 11.5. The Bertz CT molecular complexity index is 673. The van der Waals surface area contributed by atoms with Crippen LogP contribution in [-0.4, -0.2) is 23.7 Å². The third-order valence-electron chi connectivity index (χ3n) is 3.22. The SMILES string of the molecule is CCOC(=O)c1c(CC)ccc2cccc(C(=O)O)c12. The van der Waals surface area contributed by atoms with Crippen molar-refractivity contribution in [2.75, 3.05) is 6.61 Å². The molecule has 104 valence electrons. The molecule has 0 fully saturated rings. The Hall–Kier alpha value is -2.36. The molecule has 0 unspecified atom stereocenters. The molecule has 0 aliphatic carbocycles. The average molecular weight is 272 g/mol. The summed E-state index contributed by atoms with van der Waals surface area (Å²) in [6, 6.07) is 8.66. The van der Waals surface area contributed by atoms with Gasteiger partial charge in [-0.15, -0.1) is 0 Å². The highest BCUT2D eigenvalue weighted by molar-refractivity contribution is 6.13. The molecule has 0 saturated heterocycles. The number of aromatic carboxylic acids is 1. The molecule has 2 aromatic rings. The quantitative estimate of drug-likeness (QED) is 0.867. The number of esters is 1. The van der Waals surface area contributed by atoms with Crippen LogP contribution in [0, 0.1) is 0 Å². The Kier molecular flexibility index (Phi) is 4.03.